The van der Waals surface area contributed by atoms with Crippen molar-refractivity contribution in [2.75, 3.05) is 26.5 Å². The number of nitrogens with zero attached hydrogens (tertiary/aromatic N) is 6. The summed E-state index contributed by atoms with van der Waals surface area (Å²) in [5, 5.41) is 2.79. The Bertz CT molecular complexity index is 2070. The topological polar surface area (TPSA) is 116 Å². The van der Waals surface area contributed by atoms with Gasteiger partial charge in [0, 0.05) is 60.9 Å². The second-order valence-corrected chi connectivity index (χ2v) is 13.3. The van der Waals surface area contributed by atoms with Gasteiger partial charge < -0.3 is 11.6 Å². The maximum atomic E-state index is 14.4. The van der Waals surface area contributed by atoms with E-state index < -0.39 is 28.6 Å². The number of halogens is 4. The van der Waals surface area contributed by atoms with Crippen molar-refractivity contribution >= 4 is 71.6 Å². The number of aliphatic imine (C=N–C) groups is 1. The third kappa shape index (κ3) is 9.16. The number of rotatable bonds is 7. The van der Waals surface area contributed by atoms with Gasteiger partial charge in [-0.1, -0.05) is 7.43 Å². The van der Waals surface area contributed by atoms with Gasteiger partial charge in [0.1, 0.15) is 23.3 Å². The van der Waals surface area contributed by atoms with Gasteiger partial charge in [0.15, 0.2) is 0 Å². The molecule has 2 aromatic heterocycles. The number of anilines is 1. The summed E-state index contributed by atoms with van der Waals surface area (Å²) in [6.07, 6.45) is 4.65. The molecule has 2 heterocycles. The molecule has 0 aliphatic heterocycles. The van der Waals surface area contributed by atoms with Crippen LogP contribution in [-0.2, 0) is 0 Å². The van der Waals surface area contributed by atoms with E-state index in [9.17, 15) is 28.0 Å². The summed E-state index contributed by atoms with van der Waals surface area (Å²) in [7, 11) is 5.13. The van der Waals surface area contributed by atoms with E-state index in [-0.39, 0.29) is 87.5 Å². The molecule has 0 saturated heterocycles. The Morgan fingerprint density at radius 1 is 0.812 bits per heavy atom. The first-order chi connectivity index (χ1) is 21.4. The Balaban J connectivity index is 0.000000456. The average molecular weight is 894 g/mol. The minimum atomic E-state index is -0.559. The fourth-order valence-corrected chi connectivity index (χ4v) is 5.58. The van der Waals surface area contributed by atoms with Crippen molar-refractivity contribution in [3.8, 4) is 11.4 Å². The Morgan fingerprint density at radius 2 is 1.25 bits per heavy atom. The van der Waals surface area contributed by atoms with E-state index in [0.717, 1.165) is 37.4 Å². The van der Waals surface area contributed by atoms with Crippen molar-refractivity contribution in [3.63, 3.8) is 0 Å². The van der Waals surface area contributed by atoms with Gasteiger partial charge in [-0.25, -0.2) is 32.5 Å². The number of hydrogen-bond donors (Lipinski definition) is 1. The van der Waals surface area contributed by atoms with Crippen molar-refractivity contribution in [2.24, 2.45) is 4.99 Å². The molecule has 2 aromatic carbocycles. The molecule has 11 nitrogen and oxygen atoms in total. The minimum Gasteiger partial charge on any atom is -1.00 e. The zero-order valence-electron chi connectivity index (χ0n) is 27.1. The number of benzene rings is 2. The van der Waals surface area contributed by atoms with E-state index in [0.29, 0.717) is 0 Å². The molecule has 4 aromatic rings. The fraction of sp³-hybridized carbons (Fsp3) is 0.323. The van der Waals surface area contributed by atoms with Crippen molar-refractivity contribution in [2.45, 2.75) is 45.2 Å². The second-order valence-electron chi connectivity index (χ2n) is 10.8. The first kappa shape index (κ1) is 41.6. The summed E-state index contributed by atoms with van der Waals surface area (Å²) in [6, 6.07) is 11.6. The van der Waals surface area contributed by atoms with Crippen LogP contribution in [0.3, 0.4) is 0 Å². The maximum Gasteiger partial charge on any atom is 1.00 e. The molecule has 0 spiro atoms. The predicted octanol–water partition coefficient (Wildman–Crippen LogP) is 1.79. The molecule has 2 saturated carbocycles. The van der Waals surface area contributed by atoms with Crippen LogP contribution in [0, 0.1) is 18.8 Å². The van der Waals surface area contributed by atoms with Gasteiger partial charge in [-0.05, 0) is 107 Å². The predicted molar refractivity (Wildman–Crippen MR) is 199 cm³/mol. The zero-order chi connectivity index (χ0) is 32.6. The van der Waals surface area contributed by atoms with E-state index in [2.05, 4.69) is 10.3 Å². The summed E-state index contributed by atoms with van der Waals surface area (Å²) in [5.41, 5.74) is -1.60. The van der Waals surface area contributed by atoms with Crippen molar-refractivity contribution in [3.05, 3.63) is 109 Å². The minimum absolute atomic E-state index is 0. The molecular formula is C31H34BF2I2N7NaO4. The maximum absolute atomic E-state index is 14.4. The van der Waals surface area contributed by atoms with Gasteiger partial charge in [-0.15, -0.1) is 0 Å². The van der Waals surface area contributed by atoms with Gasteiger partial charge in [0.05, 0.1) is 17.7 Å². The molecule has 249 valence electrons. The summed E-state index contributed by atoms with van der Waals surface area (Å²) in [6.45, 7) is 0. The fourth-order valence-electron chi connectivity index (χ4n) is 4.68. The summed E-state index contributed by atoms with van der Waals surface area (Å²) in [4.78, 5) is 55.6. The van der Waals surface area contributed by atoms with Crippen LogP contribution in [0.15, 0.2) is 72.7 Å². The van der Waals surface area contributed by atoms with Gasteiger partial charge in [0.25, 0.3) is 11.1 Å². The molecule has 0 unspecified atom stereocenters. The molecule has 1 N–H and O–H groups in total. The standard InChI is InChI=1S/C16H16FIN4O2.C14H13FIN3O2.CH4.B.Na.H/c1-20(2)9-19-14-8-15(23)21(11-4-5-11)16(24)22(14)13-6-3-10(18)7-12(13)17;1-17-12-7-13(20)18(9-3-4-9)14(21)19(12)11-5-2-8(16)6-10(11)15;;;;/h3,6-9,11H,4-5H2,1-2H3;2,5-7,9,17H,3-4H2,1H3;1H4;;;/q;;;;+1;-1. The first-order valence-corrected chi connectivity index (χ1v) is 16.1. The molecule has 3 radical (unpaired) electrons. The summed E-state index contributed by atoms with van der Waals surface area (Å²) >= 11 is 4.00. The van der Waals surface area contributed by atoms with Crippen LogP contribution in [0.1, 0.15) is 46.6 Å². The smallest absolute Gasteiger partial charge is 1.00 e. The van der Waals surface area contributed by atoms with E-state index >= 15 is 0 Å². The Kier molecular flexibility index (Phi) is 15.1. The van der Waals surface area contributed by atoms with E-state index in [1.165, 1.54) is 50.4 Å². The number of aromatic nitrogens is 4. The van der Waals surface area contributed by atoms with E-state index in [1.807, 2.05) is 45.2 Å². The second kappa shape index (κ2) is 17.4. The van der Waals surface area contributed by atoms with Crippen molar-refractivity contribution in [1.29, 1.82) is 0 Å². The quantitative estimate of drug-likeness (QED) is 0.131. The molecule has 2 fully saturated rings. The zero-order valence-corrected chi connectivity index (χ0v) is 32.4. The average Bonchev–Trinajstić information content (AvgIpc) is 3.89. The first-order valence-electron chi connectivity index (χ1n) is 14.0. The molecule has 17 heteroatoms. The van der Waals surface area contributed by atoms with Crippen LogP contribution in [0.2, 0.25) is 0 Å². The molecule has 48 heavy (non-hydrogen) atoms. The van der Waals surface area contributed by atoms with Gasteiger partial charge >= 0.3 is 40.9 Å². The van der Waals surface area contributed by atoms with Crippen molar-refractivity contribution in [1.82, 2.24) is 23.2 Å². The molecule has 0 atom stereocenters. The summed E-state index contributed by atoms with van der Waals surface area (Å²) < 4.78 is 34.9. The van der Waals surface area contributed by atoms with Gasteiger partial charge in [0.2, 0.25) is 0 Å². The molecule has 0 amide bonds. The van der Waals surface area contributed by atoms with E-state index in [4.69, 9.17) is 0 Å². The van der Waals surface area contributed by atoms with Gasteiger partial charge in [-0.2, -0.15) is 0 Å². The van der Waals surface area contributed by atoms with Crippen LogP contribution in [-0.4, -0.2) is 59.1 Å². The Morgan fingerprint density at radius 3 is 1.67 bits per heavy atom. The van der Waals surface area contributed by atoms with Crippen LogP contribution >= 0.6 is 45.2 Å². The van der Waals surface area contributed by atoms with Crippen molar-refractivity contribution < 1.29 is 39.8 Å². The molecular weight excluding hydrogens is 860 g/mol. The normalized spacial score (nSPS) is 13.4. The molecule has 2 aliphatic rings. The van der Waals surface area contributed by atoms with Gasteiger partial charge in [-0.3, -0.25) is 18.7 Å². The Labute approximate surface area is 328 Å². The summed E-state index contributed by atoms with van der Waals surface area (Å²) in [5.74, 6) is -0.648. The number of hydrogen-bond acceptors (Lipinski definition) is 6. The SMILES string of the molecule is C.CN(C)C=Nc1cc(=O)n(C2CC2)c(=O)n1-c1ccc(I)cc1F.CNc1cc(=O)n(C2CC2)c(=O)n1-c1ccc(I)cc1F.[B].[H-].[Na+]. The molecule has 6 rings (SSSR count). The van der Waals surface area contributed by atoms with Crippen LogP contribution in [0.4, 0.5) is 20.4 Å². The third-order valence-corrected chi connectivity index (χ3v) is 8.40. The Hall–Kier alpha value is -2.55. The van der Waals surface area contributed by atoms with E-state index in [1.54, 1.807) is 44.2 Å². The third-order valence-electron chi connectivity index (χ3n) is 7.05. The van der Waals surface area contributed by atoms with Crippen LogP contribution in [0.5, 0.6) is 0 Å². The molecule has 2 aliphatic carbocycles. The largest absolute Gasteiger partial charge is 1.00 e. The number of nitrogens with one attached hydrogen (secondary N) is 1. The van der Waals surface area contributed by atoms with Crippen LogP contribution in [0.25, 0.3) is 11.4 Å². The monoisotopic (exact) mass is 894 g/mol. The molecule has 0 bridgehead atoms. The van der Waals surface area contributed by atoms with Crippen LogP contribution < -0.4 is 57.4 Å².